The van der Waals surface area contributed by atoms with Crippen LogP contribution in [0.5, 0.6) is 0 Å². The molecule has 2 aromatic carbocycles. The van der Waals surface area contributed by atoms with Gasteiger partial charge in [-0.05, 0) is 24.3 Å². The minimum Gasteiger partial charge on any atom is -0.319 e. The van der Waals surface area contributed by atoms with Crippen molar-refractivity contribution >= 4 is 46.4 Å². The largest absolute Gasteiger partial charge is 0.319 e. The van der Waals surface area contributed by atoms with Gasteiger partial charge in [0.25, 0.3) is 5.91 Å². The molecule has 0 aliphatic carbocycles. The Bertz CT molecular complexity index is 872. The van der Waals surface area contributed by atoms with E-state index >= 15 is 0 Å². The normalized spacial score (nSPS) is 10.6. The molecule has 1 amide bonds. The Morgan fingerprint density at radius 2 is 1.67 bits per heavy atom. The first-order chi connectivity index (χ1) is 11.5. The van der Waals surface area contributed by atoms with Gasteiger partial charge in [-0.2, -0.15) is 5.10 Å². The molecule has 0 unspecified atom stereocenters. The van der Waals surface area contributed by atoms with Crippen molar-refractivity contribution in [3.63, 3.8) is 0 Å². The fraction of sp³-hybridized carbons (Fsp3) is 0.0588. The third kappa shape index (κ3) is 3.73. The fourth-order valence-electron chi connectivity index (χ4n) is 2.20. The number of anilines is 1. The van der Waals surface area contributed by atoms with Crippen molar-refractivity contribution in [1.29, 1.82) is 0 Å². The van der Waals surface area contributed by atoms with E-state index in [0.717, 1.165) is 5.56 Å². The summed E-state index contributed by atoms with van der Waals surface area (Å²) < 4.78 is 1.65. The number of carbonyl (C=O) groups is 1. The van der Waals surface area contributed by atoms with Gasteiger partial charge in [-0.15, -0.1) is 0 Å². The monoisotopic (exact) mass is 379 g/mol. The first-order valence-corrected chi connectivity index (χ1v) is 8.19. The van der Waals surface area contributed by atoms with Crippen LogP contribution < -0.4 is 5.32 Å². The number of aromatic nitrogens is 2. The Kier molecular flexibility index (Phi) is 5.09. The predicted octanol–water partition coefficient (Wildman–Crippen LogP) is 5.14. The molecule has 1 aromatic heterocycles. The van der Waals surface area contributed by atoms with Crippen molar-refractivity contribution in [2.75, 3.05) is 5.32 Å². The summed E-state index contributed by atoms with van der Waals surface area (Å²) >= 11 is 18.3. The highest BCUT2D eigenvalue weighted by atomic mass is 35.5. The smallest absolute Gasteiger partial charge is 0.257 e. The van der Waals surface area contributed by atoms with Crippen molar-refractivity contribution < 1.29 is 4.79 Å². The van der Waals surface area contributed by atoms with E-state index in [9.17, 15) is 4.79 Å². The first-order valence-electron chi connectivity index (χ1n) is 7.06. The summed E-state index contributed by atoms with van der Waals surface area (Å²) in [6.07, 6.45) is 3.26. The van der Waals surface area contributed by atoms with Crippen molar-refractivity contribution in [3.8, 4) is 0 Å². The highest BCUT2D eigenvalue weighted by Gasteiger charge is 2.12. The van der Waals surface area contributed by atoms with Gasteiger partial charge < -0.3 is 5.32 Å². The van der Waals surface area contributed by atoms with E-state index in [0.29, 0.717) is 32.9 Å². The Hall–Kier alpha value is -2.01. The molecule has 0 bridgehead atoms. The van der Waals surface area contributed by atoms with Gasteiger partial charge in [-0.25, -0.2) is 0 Å². The lowest BCUT2D eigenvalue weighted by Crippen LogP contribution is -2.11. The fourth-order valence-corrected chi connectivity index (χ4v) is 2.94. The van der Waals surface area contributed by atoms with Crippen LogP contribution in [0, 0.1) is 0 Å². The molecular formula is C17H12Cl3N3O. The SMILES string of the molecule is O=C(Nc1cnn(Cc2c(Cl)cccc2Cl)c1)c1ccccc1Cl. The molecule has 3 rings (SSSR count). The number of hydrogen-bond donors (Lipinski definition) is 1. The molecule has 0 fully saturated rings. The lowest BCUT2D eigenvalue weighted by molar-refractivity contribution is 0.102. The van der Waals surface area contributed by atoms with Gasteiger partial charge in [0.1, 0.15) is 0 Å². The van der Waals surface area contributed by atoms with Gasteiger partial charge in [0.05, 0.1) is 29.0 Å². The van der Waals surface area contributed by atoms with Gasteiger partial charge in [0.2, 0.25) is 0 Å². The summed E-state index contributed by atoms with van der Waals surface area (Å²) in [5.41, 5.74) is 1.73. The van der Waals surface area contributed by atoms with E-state index < -0.39 is 0 Å². The van der Waals surface area contributed by atoms with Crippen LogP contribution in [0.2, 0.25) is 15.1 Å². The number of nitrogens with one attached hydrogen (secondary N) is 1. The first kappa shape index (κ1) is 16.8. The Balaban J connectivity index is 1.74. The van der Waals surface area contributed by atoms with Gasteiger partial charge in [0, 0.05) is 21.8 Å². The van der Waals surface area contributed by atoms with E-state index in [-0.39, 0.29) is 5.91 Å². The van der Waals surface area contributed by atoms with Gasteiger partial charge in [0.15, 0.2) is 0 Å². The van der Waals surface area contributed by atoms with Crippen molar-refractivity contribution in [2.24, 2.45) is 0 Å². The molecule has 0 spiro atoms. The minimum absolute atomic E-state index is 0.295. The molecule has 24 heavy (non-hydrogen) atoms. The second kappa shape index (κ2) is 7.26. The summed E-state index contributed by atoms with van der Waals surface area (Å²) in [6, 6.07) is 12.2. The van der Waals surface area contributed by atoms with Crippen molar-refractivity contribution in [3.05, 3.63) is 81.1 Å². The average Bonchev–Trinajstić information content (AvgIpc) is 2.98. The third-order valence-corrected chi connectivity index (χ3v) is 4.43. The Morgan fingerprint density at radius 3 is 2.38 bits per heavy atom. The Labute approximate surface area is 154 Å². The Morgan fingerprint density at radius 1 is 1.00 bits per heavy atom. The van der Waals surface area contributed by atoms with Crippen LogP contribution in [-0.2, 0) is 6.54 Å². The van der Waals surface area contributed by atoms with E-state index in [2.05, 4.69) is 10.4 Å². The molecular weight excluding hydrogens is 369 g/mol. The molecule has 3 aromatic rings. The predicted molar refractivity (Wildman–Crippen MR) is 97.2 cm³/mol. The van der Waals surface area contributed by atoms with E-state index in [4.69, 9.17) is 34.8 Å². The molecule has 0 aliphatic rings. The zero-order valence-electron chi connectivity index (χ0n) is 12.3. The zero-order chi connectivity index (χ0) is 17.1. The molecule has 0 saturated carbocycles. The zero-order valence-corrected chi connectivity index (χ0v) is 14.6. The second-order valence-electron chi connectivity index (χ2n) is 5.06. The number of amides is 1. The van der Waals surface area contributed by atoms with Crippen molar-refractivity contribution in [1.82, 2.24) is 9.78 Å². The molecule has 0 aliphatic heterocycles. The molecule has 0 saturated heterocycles. The highest BCUT2D eigenvalue weighted by Crippen LogP contribution is 2.25. The summed E-state index contributed by atoms with van der Waals surface area (Å²) in [6.45, 7) is 0.403. The molecule has 1 N–H and O–H groups in total. The number of rotatable bonds is 4. The summed E-state index contributed by atoms with van der Waals surface area (Å²) in [4.78, 5) is 12.2. The van der Waals surface area contributed by atoms with Crippen LogP contribution >= 0.6 is 34.8 Å². The van der Waals surface area contributed by atoms with E-state index in [1.807, 2.05) is 0 Å². The standard InChI is InChI=1S/C17H12Cl3N3O/c18-14-5-2-1-4-12(14)17(24)22-11-8-21-23(9-11)10-13-15(19)6-3-7-16(13)20/h1-9H,10H2,(H,22,24). The van der Waals surface area contributed by atoms with Crippen molar-refractivity contribution in [2.45, 2.75) is 6.54 Å². The number of benzene rings is 2. The number of carbonyl (C=O) groups excluding carboxylic acids is 1. The highest BCUT2D eigenvalue weighted by molar-refractivity contribution is 6.36. The second-order valence-corrected chi connectivity index (χ2v) is 6.28. The van der Waals surface area contributed by atoms with Crippen LogP contribution in [0.1, 0.15) is 15.9 Å². The lowest BCUT2D eigenvalue weighted by Gasteiger charge is -2.07. The van der Waals surface area contributed by atoms with E-state index in [1.54, 1.807) is 59.5 Å². The molecule has 1 heterocycles. The third-order valence-electron chi connectivity index (χ3n) is 3.39. The molecule has 0 radical (unpaired) electrons. The lowest BCUT2D eigenvalue weighted by atomic mass is 10.2. The van der Waals surface area contributed by atoms with Crippen LogP contribution in [0.15, 0.2) is 54.9 Å². The quantitative estimate of drug-likeness (QED) is 0.681. The van der Waals surface area contributed by atoms with Gasteiger partial charge in [-0.3, -0.25) is 9.48 Å². The van der Waals surface area contributed by atoms with E-state index in [1.165, 1.54) is 0 Å². The summed E-state index contributed by atoms with van der Waals surface area (Å²) in [5, 5.41) is 8.51. The number of hydrogen-bond acceptors (Lipinski definition) is 2. The van der Waals surface area contributed by atoms with Crippen LogP contribution in [0.3, 0.4) is 0 Å². The van der Waals surface area contributed by atoms with Crippen LogP contribution in [0.4, 0.5) is 5.69 Å². The maximum absolute atomic E-state index is 12.2. The van der Waals surface area contributed by atoms with Crippen LogP contribution in [-0.4, -0.2) is 15.7 Å². The molecule has 7 heteroatoms. The maximum atomic E-state index is 12.2. The molecule has 122 valence electrons. The van der Waals surface area contributed by atoms with Gasteiger partial charge in [-0.1, -0.05) is 53.0 Å². The number of nitrogens with zero attached hydrogens (tertiary/aromatic N) is 2. The minimum atomic E-state index is -0.295. The maximum Gasteiger partial charge on any atom is 0.257 e. The average molecular weight is 381 g/mol. The summed E-state index contributed by atoms with van der Waals surface area (Å²) in [5.74, 6) is -0.295. The number of halogens is 3. The molecule has 4 nitrogen and oxygen atoms in total. The van der Waals surface area contributed by atoms with Gasteiger partial charge >= 0.3 is 0 Å². The topological polar surface area (TPSA) is 46.9 Å². The molecule has 0 atom stereocenters. The van der Waals surface area contributed by atoms with Crippen LogP contribution in [0.25, 0.3) is 0 Å². The summed E-state index contributed by atoms with van der Waals surface area (Å²) in [7, 11) is 0.